The first-order chi connectivity index (χ1) is 9.74. The number of carbonyl (C=O) groups excluding carboxylic acids is 1. The van der Waals surface area contributed by atoms with E-state index >= 15 is 0 Å². The molecule has 1 amide bonds. The quantitative estimate of drug-likeness (QED) is 0.762. The van der Waals surface area contributed by atoms with Crippen LogP contribution in [0.4, 0.5) is 5.69 Å². The number of rotatable bonds is 2. The lowest BCUT2D eigenvalue weighted by Gasteiger charge is -2.08. The highest BCUT2D eigenvalue weighted by Gasteiger charge is 2.05. The average molecular weight is 262 g/mol. The van der Waals surface area contributed by atoms with Gasteiger partial charge in [-0.2, -0.15) is 0 Å². The van der Waals surface area contributed by atoms with E-state index in [4.69, 9.17) is 0 Å². The summed E-state index contributed by atoms with van der Waals surface area (Å²) in [6, 6.07) is 15.9. The van der Waals surface area contributed by atoms with Crippen LogP contribution in [0.3, 0.4) is 0 Å². The maximum atomic E-state index is 11.1. The largest absolute Gasteiger partial charge is 0.326 e. The maximum absolute atomic E-state index is 11.1. The van der Waals surface area contributed by atoms with Gasteiger partial charge in [0.15, 0.2) is 0 Å². The third-order valence-corrected chi connectivity index (χ3v) is 3.16. The highest BCUT2D eigenvalue weighted by atomic mass is 16.1. The molecule has 20 heavy (non-hydrogen) atoms. The molecule has 3 aromatic rings. The smallest absolute Gasteiger partial charge is 0.221 e. The van der Waals surface area contributed by atoms with Crippen molar-refractivity contribution in [2.45, 2.75) is 6.92 Å². The van der Waals surface area contributed by atoms with Crippen LogP contribution in [0, 0.1) is 0 Å². The average Bonchev–Trinajstić information content (AvgIpc) is 2.46. The molecule has 0 radical (unpaired) electrons. The lowest BCUT2D eigenvalue weighted by molar-refractivity contribution is -0.114. The number of nitrogens with one attached hydrogen (secondary N) is 1. The molecular formula is C17H14N2O. The van der Waals surface area contributed by atoms with E-state index in [0.29, 0.717) is 0 Å². The van der Waals surface area contributed by atoms with Gasteiger partial charge in [-0.1, -0.05) is 36.4 Å². The van der Waals surface area contributed by atoms with Gasteiger partial charge in [0.1, 0.15) is 0 Å². The fourth-order valence-corrected chi connectivity index (χ4v) is 2.31. The van der Waals surface area contributed by atoms with E-state index in [1.165, 1.54) is 6.92 Å². The number of benzene rings is 2. The molecule has 0 atom stereocenters. The van der Waals surface area contributed by atoms with Crippen molar-refractivity contribution < 1.29 is 4.79 Å². The molecule has 3 heteroatoms. The number of hydrogen-bond donors (Lipinski definition) is 1. The summed E-state index contributed by atoms with van der Waals surface area (Å²) < 4.78 is 0. The molecule has 0 unspecified atom stereocenters. The molecular weight excluding hydrogens is 248 g/mol. The van der Waals surface area contributed by atoms with Crippen LogP contribution in [0.2, 0.25) is 0 Å². The summed E-state index contributed by atoms with van der Waals surface area (Å²) in [5, 5.41) is 5.07. The van der Waals surface area contributed by atoms with E-state index in [1.807, 2.05) is 54.9 Å². The molecule has 2 aromatic carbocycles. The van der Waals surface area contributed by atoms with Crippen LogP contribution < -0.4 is 5.32 Å². The van der Waals surface area contributed by atoms with Gasteiger partial charge < -0.3 is 5.32 Å². The number of carbonyl (C=O) groups is 1. The predicted molar refractivity (Wildman–Crippen MR) is 81.5 cm³/mol. The van der Waals surface area contributed by atoms with Crippen LogP contribution in [0.15, 0.2) is 60.9 Å². The van der Waals surface area contributed by atoms with E-state index in [-0.39, 0.29) is 5.91 Å². The molecule has 0 fully saturated rings. The van der Waals surface area contributed by atoms with Crippen molar-refractivity contribution in [3.8, 4) is 11.1 Å². The number of fused-ring (bicyclic) bond motifs is 1. The van der Waals surface area contributed by atoms with Crippen molar-refractivity contribution in [3.05, 3.63) is 60.9 Å². The molecule has 1 N–H and O–H groups in total. The van der Waals surface area contributed by atoms with Gasteiger partial charge in [0.2, 0.25) is 5.91 Å². The fraction of sp³-hybridized carbons (Fsp3) is 0.0588. The second-order valence-corrected chi connectivity index (χ2v) is 4.67. The minimum Gasteiger partial charge on any atom is -0.326 e. The van der Waals surface area contributed by atoms with Crippen LogP contribution in [-0.4, -0.2) is 10.9 Å². The zero-order valence-electron chi connectivity index (χ0n) is 11.1. The highest BCUT2D eigenvalue weighted by molar-refractivity contribution is 5.97. The van der Waals surface area contributed by atoms with E-state index < -0.39 is 0 Å². The Labute approximate surface area is 117 Å². The molecule has 0 spiro atoms. The molecule has 1 aromatic heterocycles. The zero-order valence-corrected chi connectivity index (χ0v) is 11.1. The molecule has 3 rings (SSSR count). The van der Waals surface area contributed by atoms with E-state index in [0.717, 1.165) is 27.6 Å². The maximum Gasteiger partial charge on any atom is 0.221 e. The number of amides is 1. The van der Waals surface area contributed by atoms with Gasteiger partial charge in [-0.25, -0.2) is 0 Å². The molecule has 3 nitrogen and oxygen atoms in total. The van der Waals surface area contributed by atoms with Crippen LogP contribution >= 0.6 is 0 Å². The Hall–Kier alpha value is -2.68. The van der Waals surface area contributed by atoms with Gasteiger partial charge >= 0.3 is 0 Å². The lowest BCUT2D eigenvalue weighted by Crippen LogP contribution is -2.05. The predicted octanol–water partition coefficient (Wildman–Crippen LogP) is 3.86. The first-order valence-electron chi connectivity index (χ1n) is 6.45. The van der Waals surface area contributed by atoms with Crippen LogP contribution in [0.1, 0.15) is 6.92 Å². The van der Waals surface area contributed by atoms with Crippen molar-refractivity contribution in [1.82, 2.24) is 4.98 Å². The van der Waals surface area contributed by atoms with Gasteiger partial charge in [-0.05, 0) is 23.1 Å². The molecule has 0 aliphatic rings. The molecule has 98 valence electrons. The standard InChI is InChI=1S/C17H14N2O/c1-12(20)19-15-7-4-6-13(9-15)17-11-18-10-14-5-2-3-8-16(14)17/h2-11H,1H3,(H,19,20). The summed E-state index contributed by atoms with van der Waals surface area (Å²) in [7, 11) is 0. The van der Waals surface area contributed by atoms with Gasteiger partial charge in [0.25, 0.3) is 0 Å². The van der Waals surface area contributed by atoms with Crippen molar-refractivity contribution >= 4 is 22.4 Å². The monoisotopic (exact) mass is 262 g/mol. The minimum absolute atomic E-state index is 0.0711. The van der Waals surface area contributed by atoms with Gasteiger partial charge in [-0.15, -0.1) is 0 Å². The second-order valence-electron chi connectivity index (χ2n) is 4.67. The Kier molecular flexibility index (Phi) is 3.17. The Bertz CT molecular complexity index is 775. The lowest BCUT2D eigenvalue weighted by atomic mass is 10.0. The second kappa shape index (κ2) is 5.13. The molecule has 0 aliphatic heterocycles. The summed E-state index contributed by atoms with van der Waals surface area (Å²) in [5.74, 6) is -0.0711. The summed E-state index contributed by atoms with van der Waals surface area (Å²) in [6.07, 6.45) is 3.71. The van der Waals surface area contributed by atoms with Crippen molar-refractivity contribution in [2.24, 2.45) is 0 Å². The van der Waals surface area contributed by atoms with Gasteiger partial charge in [0.05, 0.1) is 0 Å². The Morgan fingerprint density at radius 3 is 2.75 bits per heavy atom. The normalized spacial score (nSPS) is 10.4. The van der Waals surface area contributed by atoms with Gasteiger partial charge in [0, 0.05) is 36.0 Å². The van der Waals surface area contributed by atoms with Crippen molar-refractivity contribution in [1.29, 1.82) is 0 Å². The Balaban J connectivity index is 2.13. The molecule has 0 bridgehead atoms. The summed E-state index contributed by atoms with van der Waals surface area (Å²) in [6.45, 7) is 1.51. The summed E-state index contributed by atoms with van der Waals surface area (Å²) >= 11 is 0. The molecule has 0 saturated heterocycles. The van der Waals surface area contributed by atoms with Crippen molar-refractivity contribution in [2.75, 3.05) is 5.32 Å². The van der Waals surface area contributed by atoms with Crippen LogP contribution in [-0.2, 0) is 4.79 Å². The molecule has 0 saturated carbocycles. The number of aromatic nitrogens is 1. The van der Waals surface area contributed by atoms with E-state index in [1.54, 1.807) is 0 Å². The Morgan fingerprint density at radius 2 is 1.90 bits per heavy atom. The SMILES string of the molecule is CC(=O)Nc1cccc(-c2cncc3ccccc23)c1. The number of pyridine rings is 1. The molecule has 1 heterocycles. The number of hydrogen-bond acceptors (Lipinski definition) is 2. The highest BCUT2D eigenvalue weighted by Crippen LogP contribution is 2.29. The van der Waals surface area contributed by atoms with E-state index in [2.05, 4.69) is 16.4 Å². The van der Waals surface area contributed by atoms with E-state index in [9.17, 15) is 4.79 Å². The van der Waals surface area contributed by atoms with Gasteiger partial charge in [-0.3, -0.25) is 9.78 Å². The van der Waals surface area contributed by atoms with Crippen LogP contribution in [0.25, 0.3) is 21.9 Å². The summed E-state index contributed by atoms with van der Waals surface area (Å²) in [4.78, 5) is 15.4. The third kappa shape index (κ3) is 2.38. The zero-order chi connectivity index (χ0) is 13.9. The topological polar surface area (TPSA) is 42.0 Å². The summed E-state index contributed by atoms with van der Waals surface area (Å²) in [5.41, 5.74) is 2.90. The minimum atomic E-state index is -0.0711. The molecule has 0 aliphatic carbocycles. The van der Waals surface area contributed by atoms with Crippen LogP contribution in [0.5, 0.6) is 0 Å². The Morgan fingerprint density at radius 1 is 1.05 bits per heavy atom. The van der Waals surface area contributed by atoms with Crippen molar-refractivity contribution in [3.63, 3.8) is 0 Å². The fourth-order valence-electron chi connectivity index (χ4n) is 2.31. The third-order valence-electron chi connectivity index (χ3n) is 3.16. The number of nitrogens with zero attached hydrogens (tertiary/aromatic N) is 1. The first kappa shape index (κ1) is 12.4. The first-order valence-corrected chi connectivity index (χ1v) is 6.45. The number of anilines is 1.